The third kappa shape index (κ3) is 3.29. The summed E-state index contributed by atoms with van der Waals surface area (Å²) in [5.41, 5.74) is 1.39. The second-order valence-electron chi connectivity index (χ2n) is 6.52. The quantitative estimate of drug-likeness (QED) is 0.908. The van der Waals surface area contributed by atoms with Gasteiger partial charge in [0.2, 0.25) is 0 Å². The van der Waals surface area contributed by atoms with E-state index in [0.29, 0.717) is 12.0 Å². The maximum Gasteiger partial charge on any atom is 0.133 e. The second kappa shape index (κ2) is 5.94. The highest BCUT2D eigenvalue weighted by Crippen LogP contribution is 2.33. The number of hydrogen-bond acceptors (Lipinski definition) is 3. The molecule has 1 heterocycles. The van der Waals surface area contributed by atoms with Crippen LogP contribution >= 0.6 is 15.9 Å². The molecular weight excluding hydrogens is 316 g/mol. The van der Waals surface area contributed by atoms with Crippen LogP contribution in [0.15, 0.2) is 22.7 Å². The molecule has 0 saturated carbocycles. The first-order chi connectivity index (χ1) is 9.34. The molecule has 1 aliphatic rings. The van der Waals surface area contributed by atoms with E-state index in [-0.39, 0.29) is 5.54 Å². The zero-order valence-corrected chi connectivity index (χ0v) is 14.6. The third-order valence-electron chi connectivity index (χ3n) is 3.99. The van der Waals surface area contributed by atoms with E-state index in [0.717, 1.165) is 23.3 Å². The van der Waals surface area contributed by atoms with Gasteiger partial charge in [-0.1, -0.05) is 13.8 Å². The molecule has 112 valence electrons. The number of anilines is 1. The molecular formula is C16H25BrN2O. The molecule has 1 aromatic rings. The van der Waals surface area contributed by atoms with Crippen LogP contribution in [0, 0.1) is 5.92 Å². The molecule has 1 atom stereocenters. The summed E-state index contributed by atoms with van der Waals surface area (Å²) in [5.74, 6) is 1.49. The van der Waals surface area contributed by atoms with E-state index in [1.807, 2.05) is 6.07 Å². The van der Waals surface area contributed by atoms with Crippen LogP contribution in [0.25, 0.3) is 0 Å². The molecule has 1 fully saturated rings. The number of nitrogens with zero attached hydrogens (tertiary/aromatic N) is 1. The Labute approximate surface area is 130 Å². The SMILES string of the molecule is COc1ccc(N2CC(C)(C)NCC2C(C)C)cc1Br. The Balaban J connectivity index is 2.32. The Morgan fingerprint density at radius 2 is 2.10 bits per heavy atom. The molecule has 1 N–H and O–H groups in total. The zero-order chi connectivity index (χ0) is 14.9. The first-order valence-corrected chi connectivity index (χ1v) is 7.98. The first-order valence-electron chi connectivity index (χ1n) is 7.19. The highest BCUT2D eigenvalue weighted by Gasteiger charge is 2.34. The van der Waals surface area contributed by atoms with E-state index in [9.17, 15) is 0 Å². The number of halogens is 1. The highest BCUT2D eigenvalue weighted by molar-refractivity contribution is 9.10. The van der Waals surface area contributed by atoms with E-state index in [2.05, 4.69) is 66.0 Å². The van der Waals surface area contributed by atoms with Crippen molar-refractivity contribution < 1.29 is 4.74 Å². The molecule has 1 aromatic carbocycles. The van der Waals surface area contributed by atoms with Gasteiger partial charge in [0.15, 0.2) is 0 Å². The Kier molecular flexibility index (Phi) is 4.65. The zero-order valence-electron chi connectivity index (χ0n) is 13.0. The van der Waals surface area contributed by atoms with Crippen LogP contribution in [0.2, 0.25) is 0 Å². The minimum atomic E-state index is 0.137. The normalized spacial score (nSPS) is 22.1. The predicted octanol–water partition coefficient (Wildman–Crippen LogP) is 3.67. The lowest BCUT2D eigenvalue weighted by atomic mass is 9.92. The molecule has 0 aromatic heterocycles. The van der Waals surface area contributed by atoms with Crippen molar-refractivity contribution in [2.45, 2.75) is 39.3 Å². The number of rotatable bonds is 3. The maximum absolute atomic E-state index is 5.32. The molecule has 0 aliphatic carbocycles. The summed E-state index contributed by atoms with van der Waals surface area (Å²) >= 11 is 3.59. The Morgan fingerprint density at radius 1 is 1.40 bits per heavy atom. The first kappa shape index (κ1) is 15.6. The van der Waals surface area contributed by atoms with Crippen LogP contribution in [0.3, 0.4) is 0 Å². The summed E-state index contributed by atoms with van der Waals surface area (Å²) in [6.45, 7) is 11.1. The van der Waals surface area contributed by atoms with Gasteiger partial charge in [-0.15, -0.1) is 0 Å². The van der Waals surface area contributed by atoms with E-state index < -0.39 is 0 Å². The number of benzene rings is 1. The van der Waals surface area contributed by atoms with Crippen molar-refractivity contribution in [3.63, 3.8) is 0 Å². The molecule has 20 heavy (non-hydrogen) atoms. The lowest BCUT2D eigenvalue weighted by Crippen LogP contribution is -2.63. The average molecular weight is 341 g/mol. The van der Waals surface area contributed by atoms with E-state index in [4.69, 9.17) is 4.74 Å². The minimum absolute atomic E-state index is 0.137. The Bertz CT molecular complexity index is 474. The number of hydrogen-bond donors (Lipinski definition) is 1. The van der Waals surface area contributed by atoms with Gasteiger partial charge in [0.25, 0.3) is 0 Å². The highest BCUT2D eigenvalue weighted by atomic mass is 79.9. The fourth-order valence-corrected chi connectivity index (χ4v) is 3.33. The smallest absolute Gasteiger partial charge is 0.133 e. The topological polar surface area (TPSA) is 24.5 Å². The van der Waals surface area contributed by atoms with Crippen LogP contribution in [0.4, 0.5) is 5.69 Å². The van der Waals surface area contributed by atoms with Gasteiger partial charge in [-0.25, -0.2) is 0 Å². The average Bonchev–Trinajstić information content (AvgIpc) is 2.37. The van der Waals surface area contributed by atoms with Gasteiger partial charge < -0.3 is 15.0 Å². The maximum atomic E-state index is 5.32. The molecule has 0 amide bonds. The lowest BCUT2D eigenvalue weighted by Gasteiger charge is -2.47. The summed E-state index contributed by atoms with van der Waals surface area (Å²) in [6.07, 6.45) is 0. The number of piperazine rings is 1. The Morgan fingerprint density at radius 3 is 2.65 bits per heavy atom. The predicted molar refractivity (Wildman–Crippen MR) is 88.7 cm³/mol. The van der Waals surface area contributed by atoms with Crippen molar-refractivity contribution in [3.8, 4) is 5.75 Å². The number of ether oxygens (including phenoxy) is 1. The molecule has 2 rings (SSSR count). The van der Waals surface area contributed by atoms with E-state index in [1.54, 1.807) is 7.11 Å². The fourth-order valence-electron chi connectivity index (χ4n) is 2.80. The third-order valence-corrected chi connectivity index (χ3v) is 4.61. The standard InChI is InChI=1S/C16H25BrN2O/c1-11(2)14-9-18-16(3,4)10-19(14)12-6-7-15(20-5)13(17)8-12/h6-8,11,14,18H,9-10H2,1-5H3. The molecule has 4 heteroatoms. The van der Waals surface area contributed by atoms with Crippen molar-refractivity contribution >= 4 is 21.6 Å². The molecule has 1 aliphatic heterocycles. The molecule has 0 radical (unpaired) electrons. The molecule has 0 spiro atoms. The van der Waals surface area contributed by atoms with Gasteiger partial charge in [-0.05, 0) is 53.9 Å². The van der Waals surface area contributed by atoms with Gasteiger partial charge in [-0.3, -0.25) is 0 Å². The van der Waals surface area contributed by atoms with Gasteiger partial charge in [-0.2, -0.15) is 0 Å². The van der Waals surface area contributed by atoms with Crippen LogP contribution in [-0.4, -0.2) is 31.8 Å². The summed E-state index contributed by atoms with van der Waals surface area (Å²) in [7, 11) is 1.70. The molecule has 3 nitrogen and oxygen atoms in total. The van der Waals surface area contributed by atoms with Crippen molar-refractivity contribution in [2.24, 2.45) is 5.92 Å². The lowest BCUT2D eigenvalue weighted by molar-refractivity contribution is 0.277. The van der Waals surface area contributed by atoms with E-state index in [1.165, 1.54) is 5.69 Å². The van der Waals surface area contributed by atoms with Crippen LogP contribution in [0.1, 0.15) is 27.7 Å². The second-order valence-corrected chi connectivity index (χ2v) is 7.38. The van der Waals surface area contributed by atoms with Gasteiger partial charge in [0, 0.05) is 30.4 Å². The van der Waals surface area contributed by atoms with E-state index >= 15 is 0 Å². The number of nitrogens with one attached hydrogen (secondary N) is 1. The molecule has 0 bridgehead atoms. The summed E-state index contributed by atoms with van der Waals surface area (Å²) < 4.78 is 6.34. The van der Waals surface area contributed by atoms with Crippen molar-refractivity contribution in [3.05, 3.63) is 22.7 Å². The van der Waals surface area contributed by atoms with Gasteiger partial charge in [0.05, 0.1) is 11.6 Å². The molecule has 1 unspecified atom stereocenters. The van der Waals surface area contributed by atoms with Crippen LogP contribution in [-0.2, 0) is 0 Å². The Hall–Kier alpha value is -0.740. The van der Waals surface area contributed by atoms with Gasteiger partial charge >= 0.3 is 0 Å². The van der Waals surface area contributed by atoms with Crippen molar-refractivity contribution in [1.29, 1.82) is 0 Å². The van der Waals surface area contributed by atoms with Crippen molar-refractivity contribution in [1.82, 2.24) is 5.32 Å². The molecule has 1 saturated heterocycles. The van der Waals surface area contributed by atoms with Crippen molar-refractivity contribution in [2.75, 3.05) is 25.1 Å². The van der Waals surface area contributed by atoms with Crippen LogP contribution < -0.4 is 15.0 Å². The van der Waals surface area contributed by atoms with Crippen LogP contribution in [0.5, 0.6) is 5.75 Å². The summed E-state index contributed by atoms with van der Waals surface area (Å²) in [6, 6.07) is 6.87. The summed E-state index contributed by atoms with van der Waals surface area (Å²) in [4.78, 5) is 2.52. The monoisotopic (exact) mass is 340 g/mol. The fraction of sp³-hybridized carbons (Fsp3) is 0.625. The summed E-state index contributed by atoms with van der Waals surface area (Å²) in [5, 5.41) is 3.65. The number of methoxy groups -OCH3 is 1. The largest absolute Gasteiger partial charge is 0.496 e. The van der Waals surface area contributed by atoms with Gasteiger partial charge in [0.1, 0.15) is 5.75 Å². The minimum Gasteiger partial charge on any atom is -0.496 e.